The molecule has 0 aromatic heterocycles. The van der Waals surface area contributed by atoms with Gasteiger partial charge in [-0.1, -0.05) is 32.6 Å². The lowest BCUT2D eigenvalue weighted by molar-refractivity contribution is -0.122. The van der Waals surface area contributed by atoms with Crippen LogP contribution in [0.3, 0.4) is 0 Å². The van der Waals surface area contributed by atoms with Crippen molar-refractivity contribution in [3.8, 4) is 0 Å². The second-order valence-electron chi connectivity index (χ2n) is 7.65. The van der Waals surface area contributed by atoms with E-state index in [0.29, 0.717) is 5.41 Å². The Bertz CT molecular complexity index is 248. The minimum Gasteiger partial charge on any atom is -0.393 e. The first kappa shape index (κ1) is 13.0. The Morgan fingerprint density at radius 1 is 0.944 bits per heavy atom. The molecule has 1 nitrogen and oxygen atoms in total. The topological polar surface area (TPSA) is 20.2 Å². The molecule has 0 saturated heterocycles. The summed E-state index contributed by atoms with van der Waals surface area (Å²) in [5.41, 5.74) is 0.362. The van der Waals surface area contributed by atoms with Crippen molar-refractivity contribution in [1.82, 2.24) is 0 Å². The van der Waals surface area contributed by atoms with E-state index in [1.165, 1.54) is 64.2 Å². The van der Waals surface area contributed by atoms with Gasteiger partial charge in [-0.3, -0.25) is 0 Å². The van der Waals surface area contributed by atoms with E-state index in [0.717, 1.165) is 24.2 Å². The standard InChI is InChI=1S/C17H30O/c1-2-3-4-5-6-16(18)17-10-13-7-14(11-17)9-15(8-13)12-17/h13-16,18H,2-12H2,1H3. The number of rotatable bonds is 6. The summed E-state index contributed by atoms with van der Waals surface area (Å²) in [7, 11) is 0. The molecular formula is C17H30O. The van der Waals surface area contributed by atoms with Crippen LogP contribution in [-0.4, -0.2) is 11.2 Å². The predicted octanol–water partition coefficient (Wildman–Crippen LogP) is 4.53. The van der Waals surface area contributed by atoms with Gasteiger partial charge in [0.05, 0.1) is 6.10 Å². The molecule has 0 radical (unpaired) electrons. The molecule has 0 aliphatic heterocycles. The maximum atomic E-state index is 10.7. The maximum absolute atomic E-state index is 10.7. The van der Waals surface area contributed by atoms with Crippen molar-refractivity contribution in [2.45, 2.75) is 83.7 Å². The first-order valence-electron chi connectivity index (χ1n) is 8.40. The van der Waals surface area contributed by atoms with E-state index in [9.17, 15) is 5.11 Å². The van der Waals surface area contributed by atoms with Gasteiger partial charge in [-0.15, -0.1) is 0 Å². The average molecular weight is 250 g/mol. The van der Waals surface area contributed by atoms with Crippen LogP contribution in [0.2, 0.25) is 0 Å². The summed E-state index contributed by atoms with van der Waals surface area (Å²) < 4.78 is 0. The van der Waals surface area contributed by atoms with Crippen molar-refractivity contribution < 1.29 is 5.11 Å². The van der Waals surface area contributed by atoms with Gasteiger partial charge in [-0.25, -0.2) is 0 Å². The minimum absolute atomic E-state index is 0.0164. The smallest absolute Gasteiger partial charge is 0.0596 e. The Hall–Kier alpha value is -0.0400. The van der Waals surface area contributed by atoms with E-state index >= 15 is 0 Å². The fourth-order valence-electron chi connectivity index (χ4n) is 5.66. The largest absolute Gasteiger partial charge is 0.393 e. The zero-order valence-electron chi connectivity index (χ0n) is 12.0. The third-order valence-corrected chi connectivity index (χ3v) is 6.12. The monoisotopic (exact) mass is 250 g/mol. The lowest BCUT2D eigenvalue weighted by atomic mass is 9.48. The highest BCUT2D eigenvalue weighted by molar-refractivity contribution is 5.04. The van der Waals surface area contributed by atoms with Crippen LogP contribution >= 0.6 is 0 Å². The van der Waals surface area contributed by atoms with Crippen LogP contribution in [0.5, 0.6) is 0 Å². The third-order valence-electron chi connectivity index (χ3n) is 6.12. The van der Waals surface area contributed by atoms with Crippen LogP contribution in [-0.2, 0) is 0 Å². The molecule has 0 aromatic rings. The fourth-order valence-corrected chi connectivity index (χ4v) is 5.66. The van der Waals surface area contributed by atoms with Crippen molar-refractivity contribution >= 4 is 0 Å². The van der Waals surface area contributed by atoms with Gasteiger partial charge >= 0.3 is 0 Å². The second-order valence-corrected chi connectivity index (χ2v) is 7.65. The van der Waals surface area contributed by atoms with Crippen molar-refractivity contribution in [3.05, 3.63) is 0 Å². The van der Waals surface area contributed by atoms with Crippen LogP contribution in [0.25, 0.3) is 0 Å². The summed E-state index contributed by atoms with van der Waals surface area (Å²) >= 11 is 0. The van der Waals surface area contributed by atoms with E-state index < -0.39 is 0 Å². The first-order chi connectivity index (χ1) is 8.72. The van der Waals surface area contributed by atoms with Crippen LogP contribution in [0.15, 0.2) is 0 Å². The van der Waals surface area contributed by atoms with E-state index in [-0.39, 0.29) is 6.10 Å². The summed E-state index contributed by atoms with van der Waals surface area (Å²) in [4.78, 5) is 0. The number of aliphatic hydroxyl groups excluding tert-OH is 1. The molecule has 1 atom stereocenters. The van der Waals surface area contributed by atoms with Gasteiger partial charge in [0.2, 0.25) is 0 Å². The lowest BCUT2D eigenvalue weighted by Gasteiger charge is -2.58. The van der Waals surface area contributed by atoms with Crippen molar-refractivity contribution in [2.24, 2.45) is 23.2 Å². The highest BCUT2D eigenvalue weighted by Crippen LogP contribution is 2.61. The Labute approximate surface area is 112 Å². The second kappa shape index (κ2) is 5.15. The van der Waals surface area contributed by atoms with Gasteiger partial charge in [0.1, 0.15) is 0 Å². The number of aliphatic hydroxyl groups is 1. The normalized spacial score (nSPS) is 43.3. The molecule has 18 heavy (non-hydrogen) atoms. The van der Waals surface area contributed by atoms with Gasteiger partial charge in [0.15, 0.2) is 0 Å². The van der Waals surface area contributed by atoms with E-state index in [1.807, 2.05) is 0 Å². The average Bonchev–Trinajstić information content (AvgIpc) is 2.32. The summed E-state index contributed by atoms with van der Waals surface area (Å²) in [6.07, 6.45) is 14.8. The summed E-state index contributed by atoms with van der Waals surface area (Å²) in [5.74, 6) is 2.92. The van der Waals surface area contributed by atoms with Gasteiger partial charge in [0, 0.05) is 0 Å². The SMILES string of the molecule is CCCCCCC(O)C12CC3CC(CC(C3)C1)C2. The summed E-state index contributed by atoms with van der Waals surface area (Å²) in [6, 6.07) is 0. The molecule has 4 bridgehead atoms. The van der Waals surface area contributed by atoms with Crippen LogP contribution < -0.4 is 0 Å². The first-order valence-corrected chi connectivity index (χ1v) is 8.40. The minimum atomic E-state index is 0.0164. The van der Waals surface area contributed by atoms with E-state index in [1.54, 1.807) is 0 Å². The molecule has 104 valence electrons. The lowest BCUT2D eigenvalue weighted by Crippen LogP contribution is -2.51. The molecule has 0 aromatic carbocycles. The Morgan fingerprint density at radius 3 is 2.00 bits per heavy atom. The molecule has 1 unspecified atom stereocenters. The predicted molar refractivity (Wildman–Crippen MR) is 75.4 cm³/mol. The van der Waals surface area contributed by atoms with Crippen molar-refractivity contribution in [2.75, 3.05) is 0 Å². The van der Waals surface area contributed by atoms with Crippen LogP contribution in [0.4, 0.5) is 0 Å². The molecule has 4 aliphatic rings. The highest BCUT2D eigenvalue weighted by atomic mass is 16.3. The summed E-state index contributed by atoms with van der Waals surface area (Å²) in [5, 5.41) is 10.7. The third kappa shape index (κ3) is 2.35. The van der Waals surface area contributed by atoms with E-state index in [4.69, 9.17) is 0 Å². The molecule has 4 rings (SSSR count). The van der Waals surface area contributed by atoms with Gasteiger partial charge in [-0.05, 0) is 68.1 Å². The zero-order valence-corrected chi connectivity index (χ0v) is 12.0. The van der Waals surface area contributed by atoms with Gasteiger partial charge < -0.3 is 5.11 Å². The Balaban J connectivity index is 1.57. The van der Waals surface area contributed by atoms with Crippen LogP contribution in [0.1, 0.15) is 77.6 Å². The van der Waals surface area contributed by atoms with Crippen LogP contribution in [0, 0.1) is 23.2 Å². The number of hydrogen-bond acceptors (Lipinski definition) is 1. The highest BCUT2D eigenvalue weighted by Gasteiger charge is 2.53. The molecule has 0 amide bonds. The van der Waals surface area contributed by atoms with Crippen molar-refractivity contribution in [3.63, 3.8) is 0 Å². The molecule has 0 spiro atoms. The van der Waals surface area contributed by atoms with Crippen molar-refractivity contribution in [1.29, 1.82) is 0 Å². The maximum Gasteiger partial charge on any atom is 0.0596 e. The Kier molecular flexibility index (Phi) is 3.71. The van der Waals surface area contributed by atoms with Gasteiger partial charge in [-0.2, -0.15) is 0 Å². The molecular weight excluding hydrogens is 220 g/mol. The number of unbranched alkanes of at least 4 members (excludes halogenated alkanes) is 3. The molecule has 4 aliphatic carbocycles. The number of hydrogen-bond donors (Lipinski definition) is 1. The molecule has 1 N–H and O–H groups in total. The summed E-state index contributed by atoms with van der Waals surface area (Å²) in [6.45, 7) is 2.26. The quantitative estimate of drug-likeness (QED) is 0.686. The molecule has 4 saturated carbocycles. The Morgan fingerprint density at radius 2 is 1.50 bits per heavy atom. The van der Waals surface area contributed by atoms with E-state index in [2.05, 4.69) is 6.92 Å². The molecule has 4 fully saturated rings. The molecule has 1 heteroatoms. The van der Waals surface area contributed by atoms with Gasteiger partial charge in [0.25, 0.3) is 0 Å². The zero-order chi connectivity index (χ0) is 12.6. The molecule has 0 heterocycles. The fraction of sp³-hybridized carbons (Fsp3) is 1.00.